The minimum Gasteiger partial charge on any atom is -0.349 e. The van der Waals surface area contributed by atoms with Crippen molar-refractivity contribution in [1.82, 2.24) is 20.4 Å². The molecular formula is C15H26N4O. The summed E-state index contributed by atoms with van der Waals surface area (Å²) in [4.78, 5) is 14.4. The Morgan fingerprint density at radius 3 is 3.00 bits per heavy atom. The van der Waals surface area contributed by atoms with Gasteiger partial charge in [-0.2, -0.15) is 5.10 Å². The fourth-order valence-electron chi connectivity index (χ4n) is 2.64. The van der Waals surface area contributed by atoms with Crippen LogP contribution in [0.2, 0.25) is 0 Å². The van der Waals surface area contributed by atoms with Crippen molar-refractivity contribution >= 4 is 5.91 Å². The highest BCUT2D eigenvalue weighted by Gasteiger charge is 2.18. The average molecular weight is 278 g/mol. The zero-order valence-corrected chi connectivity index (χ0v) is 12.8. The van der Waals surface area contributed by atoms with Crippen LogP contribution in [0, 0.1) is 0 Å². The topological polar surface area (TPSA) is 61.0 Å². The number of hydrogen-bond acceptors (Lipinski definition) is 3. The third kappa shape index (κ3) is 3.82. The van der Waals surface area contributed by atoms with Gasteiger partial charge in [-0.15, -0.1) is 0 Å². The predicted octanol–water partition coefficient (Wildman–Crippen LogP) is 2.14. The molecule has 2 N–H and O–H groups in total. The largest absolute Gasteiger partial charge is 0.349 e. The maximum absolute atomic E-state index is 12.0. The third-order valence-electron chi connectivity index (χ3n) is 4.08. The van der Waals surface area contributed by atoms with E-state index < -0.39 is 0 Å². The van der Waals surface area contributed by atoms with E-state index in [0.717, 1.165) is 18.8 Å². The maximum Gasteiger partial charge on any atom is 0.271 e. The summed E-state index contributed by atoms with van der Waals surface area (Å²) in [6, 6.07) is 2.47. The minimum absolute atomic E-state index is 0.0854. The van der Waals surface area contributed by atoms with Crippen LogP contribution in [0.25, 0.3) is 0 Å². The number of nitrogens with one attached hydrogen (secondary N) is 2. The van der Waals surface area contributed by atoms with Gasteiger partial charge in [-0.05, 0) is 38.3 Å². The second kappa shape index (κ2) is 6.88. The number of piperidine rings is 1. The Labute approximate surface area is 121 Å². The normalized spacial score (nSPS) is 20.3. The fourth-order valence-corrected chi connectivity index (χ4v) is 2.64. The number of aromatic amines is 1. The van der Waals surface area contributed by atoms with Crippen LogP contribution < -0.4 is 5.32 Å². The second-order valence-corrected chi connectivity index (χ2v) is 6.00. The second-order valence-electron chi connectivity index (χ2n) is 6.00. The van der Waals surface area contributed by atoms with Crippen molar-refractivity contribution in [3.63, 3.8) is 0 Å². The summed E-state index contributed by atoms with van der Waals surface area (Å²) in [5.74, 6) is 0.274. The lowest BCUT2D eigenvalue weighted by Gasteiger charge is -2.33. The lowest BCUT2D eigenvalue weighted by molar-refractivity contribution is 0.0933. The van der Waals surface area contributed by atoms with E-state index in [1.807, 2.05) is 6.07 Å². The molecule has 1 saturated heterocycles. The third-order valence-corrected chi connectivity index (χ3v) is 4.08. The zero-order valence-electron chi connectivity index (χ0n) is 12.8. The Hall–Kier alpha value is -1.36. The number of H-pyrrole nitrogens is 1. The van der Waals surface area contributed by atoms with Gasteiger partial charge in [0.15, 0.2) is 0 Å². The summed E-state index contributed by atoms with van der Waals surface area (Å²) < 4.78 is 0. The van der Waals surface area contributed by atoms with E-state index in [1.165, 1.54) is 19.3 Å². The van der Waals surface area contributed by atoms with Crippen LogP contribution >= 0.6 is 0 Å². The summed E-state index contributed by atoms with van der Waals surface area (Å²) in [6.07, 6.45) is 3.87. The average Bonchev–Trinajstić information content (AvgIpc) is 2.91. The van der Waals surface area contributed by atoms with Crippen LogP contribution in [0.5, 0.6) is 0 Å². The van der Waals surface area contributed by atoms with Gasteiger partial charge in [0.25, 0.3) is 5.91 Å². The molecule has 1 unspecified atom stereocenters. The first-order valence-corrected chi connectivity index (χ1v) is 7.65. The first-order valence-electron chi connectivity index (χ1n) is 7.65. The molecule has 5 nitrogen and oxygen atoms in total. The van der Waals surface area contributed by atoms with Gasteiger partial charge in [-0.25, -0.2) is 0 Å². The van der Waals surface area contributed by atoms with Crippen molar-refractivity contribution in [2.45, 2.75) is 52.0 Å². The number of carbonyl (C=O) groups is 1. The van der Waals surface area contributed by atoms with Gasteiger partial charge in [-0.1, -0.05) is 20.3 Å². The van der Waals surface area contributed by atoms with Crippen molar-refractivity contribution in [2.75, 3.05) is 19.6 Å². The molecule has 0 aromatic carbocycles. The number of likely N-dealkylation sites (tertiary alicyclic amines) is 1. The van der Waals surface area contributed by atoms with E-state index in [9.17, 15) is 4.79 Å². The molecule has 0 bridgehead atoms. The molecule has 0 aliphatic carbocycles. The molecule has 1 fully saturated rings. The Morgan fingerprint density at radius 1 is 1.55 bits per heavy atom. The maximum atomic E-state index is 12.0. The summed E-state index contributed by atoms with van der Waals surface area (Å²) in [5.41, 5.74) is 1.49. The van der Waals surface area contributed by atoms with Gasteiger partial charge in [0.2, 0.25) is 0 Å². The quantitative estimate of drug-likeness (QED) is 0.867. The van der Waals surface area contributed by atoms with E-state index in [1.54, 1.807) is 0 Å². The van der Waals surface area contributed by atoms with Gasteiger partial charge in [-0.3, -0.25) is 14.8 Å². The summed E-state index contributed by atoms with van der Waals surface area (Å²) in [6.45, 7) is 9.18. The molecular weight excluding hydrogens is 252 g/mol. The highest BCUT2D eigenvalue weighted by Crippen LogP contribution is 2.15. The van der Waals surface area contributed by atoms with Crippen LogP contribution in [-0.2, 0) is 0 Å². The van der Waals surface area contributed by atoms with Gasteiger partial charge in [0.1, 0.15) is 5.69 Å². The fraction of sp³-hybridized carbons (Fsp3) is 0.733. The molecule has 5 heteroatoms. The highest BCUT2D eigenvalue weighted by molar-refractivity contribution is 5.92. The van der Waals surface area contributed by atoms with Crippen molar-refractivity contribution in [1.29, 1.82) is 0 Å². The molecule has 0 radical (unpaired) electrons. The number of hydrogen-bond donors (Lipinski definition) is 2. The number of amides is 1. The van der Waals surface area contributed by atoms with Crippen molar-refractivity contribution in [2.24, 2.45) is 0 Å². The zero-order chi connectivity index (χ0) is 14.5. The number of aromatic nitrogens is 2. The van der Waals surface area contributed by atoms with Gasteiger partial charge >= 0.3 is 0 Å². The molecule has 1 aromatic heterocycles. The van der Waals surface area contributed by atoms with Crippen molar-refractivity contribution in [3.8, 4) is 0 Å². The Kier molecular flexibility index (Phi) is 5.17. The number of nitrogens with zero attached hydrogens (tertiary/aromatic N) is 2. The smallest absolute Gasteiger partial charge is 0.271 e. The van der Waals surface area contributed by atoms with Crippen LogP contribution in [0.3, 0.4) is 0 Å². The van der Waals surface area contributed by atoms with E-state index >= 15 is 0 Å². The summed E-state index contributed by atoms with van der Waals surface area (Å²) in [5, 5.41) is 9.93. The summed E-state index contributed by atoms with van der Waals surface area (Å²) in [7, 11) is 0. The van der Waals surface area contributed by atoms with Crippen LogP contribution in [0.1, 0.15) is 62.1 Å². The molecule has 2 rings (SSSR count). The molecule has 20 heavy (non-hydrogen) atoms. The summed E-state index contributed by atoms with van der Waals surface area (Å²) >= 11 is 0. The standard InChI is InChI=1S/C15H26N4O/c1-11(2)13-10-14(18-17-13)15(20)16-7-9-19-8-5-4-6-12(19)3/h10-12H,4-9H2,1-3H3,(H,16,20)(H,17,18). The predicted molar refractivity (Wildman–Crippen MR) is 79.9 cm³/mol. The van der Waals surface area contributed by atoms with E-state index in [2.05, 4.69) is 41.2 Å². The first-order chi connectivity index (χ1) is 9.58. The Bertz CT molecular complexity index is 441. The first kappa shape index (κ1) is 15.0. The van der Waals surface area contributed by atoms with Gasteiger partial charge in [0, 0.05) is 24.8 Å². The van der Waals surface area contributed by atoms with Gasteiger partial charge < -0.3 is 5.32 Å². The van der Waals surface area contributed by atoms with Crippen LogP contribution in [0.15, 0.2) is 6.07 Å². The molecule has 112 valence electrons. The molecule has 0 spiro atoms. The molecule has 0 saturated carbocycles. The Balaban J connectivity index is 1.76. The number of carbonyl (C=O) groups excluding carboxylic acids is 1. The minimum atomic E-state index is -0.0854. The lowest BCUT2D eigenvalue weighted by Crippen LogP contribution is -2.42. The van der Waals surface area contributed by atoms with Crippen molar-refractivity contribution < 1.29 is 4.79 Å². The van der Waals surface area contributed by atoms with Crippen LogP contribution in [0.4, 0.5) is 0 Å². The SMILES string of the molecule is CC(C)c1cc(C(=O)NCCN2CCCCC2C)n[nH]1. The highest BCUT2D eigenvalue weighted by atomic mass is 16.1. The lowest BCUT2D eigenvalue weighted by atomic mass is 10.0. The Morgan fingerprint density at radius 2 is 2.35 bits per heavy atom. The van der Waals surface area contributed by atoms with Crippen molar-refractivity contribution in [3.05, 3.63) is 17.5 Å². The molecule has 1 amide bonds. The monoisotopic (exact) mass is 278 g/mol. The van der Waals surface area contributed by atoms with E-state index in [-0.39, 0.29) is 5.91 Å². The molecule has 1 aromatic rings. The van der Waals surface area contributed by atoms with E-state index in [4.69, 9.17) is 0 Å². The molecule has 1 aliphatic heterocycles. The molecule has 2 heterocycles. The van der Waals surface area contributed by atoms with Gasteiger partial charge in [0.05, 0.1) is 0 Å². The van der Waals surface area contributed by atoms with Crippen LogP contribution in [-0.4, -0.2) is 46.7 Å². The molecule has 1 aliphatic rings. The molecule has 1 atom stereocenters. The van der Waals surface area contributed by atoms with E-state index in [0.29, 0.717) is 24.2 Å². The number of rotatable bonds is 5.